The van der Waals surface area contributed by atoms with Gasteiger partial charge < -0.3 is 5.32 Å². The van der Waals surface area contributed by atoms with Crippen LogP contribution in [0.1, 0.15) is 64.0 Å². The Bertz CT molecular complexity index is 387. The molecule has 1 aromatic carbocycles. The molecule has 0 heterocycles. The van der Waals surface area contributed by atoms with E-state index in [1.165, 1.54) is 44.1 Å². The Morgan fingerprint density at radius 1 is 1.20 bits per heavy atom. The zero-order valence-corrected chi connectivity index (χ0v) is 13.6. The largest absolute Gasteiger partial charge is 0.310 e. The van der Waals surface area contributed by atoms with Crippen molar-refractivity contribution in [1.29, 1.82) is 0 Å². The molecule has 3 atom stereocenters. The Morgan fingerprint density at radius 2 is 1.95 bits per heavy atom. The average Bonchev–Trinajstić information content (AvgIpc) is 2.49. The monoisotopic (exact) mass is 293 g/mol. The van der Waals surface area contributed by atoms with Crippen LogP contribution in [0.15, 0.2) is 24.3 Å². The zero-order chi connectivity index (χ0) is 14.4. The lowest BCUT2D eigenvalue weighted by Crippen LogP contribution is -2.32. The van der Waals surface area contributed by atoms with Crippen LogP contribution in [0.2, 0.25) is 5.02 Å². The highest BCUT2D eigenvalue weighted by Crippen LogP contribution is 2.38. The smallest absolute Gasteiger partial charge is 0.0406 e. The van der Waals surface area contributed by atoms with E-state index >= 15 is 0 Å². The summed E-state index contributed by atoms with van der Waals surface area (Å²) in [6.07, 6.45) is 8.07. The van der Waals surface area contributed by atoms with Crippen LogP contribution < -0.4 is 5.32 Å². The van der Waals surface area contributed by atoms with Gasteiger partial charge in [-0.3, -0.25) is 0 Å². The molecule has 2 rings (SSSR count). The number of benzene rings is 1. The van der Waals surface area contributed by atoms with Crippen molar-refractivity contribution in [3.05, 3.63) is 34.9 Å². The van der Waals surface area contributed by atoms with Gasteiger partial charge in [0.1, 0.15) is 0 Å². The second-order valence-corrected chi connectivity index (χ2v) is 6.62. The molecule has 1 aromatic rings. The summed E-state index contributed by atoms with van der Waals surface area (Å²) in [5, 5.41) is 4.61. The van der Waals surface area contributed by atoms with Crippen molar-refractivity contribution in [3.8, 4) is 0 Å². The minimum atomic E-state index is 0.501. The number of halogens is 1. The Labute approximate surface area is 129 Å². The molecule has 1 aliphatic rings. The fourth-order valence-corrected chi connectivity index (χ4v) is 3.66. The minimum Gasteiger partial charge on any atom is -0.310 e. The van der Waals surface area contributed by atoms with Gasteiger partial charge in [-0.05, 0) is 55.3 Å². The first-order chi connectivity index (χ1) is 9.74. The fraction of sp³-hybridized carbons (Fsp3) is 0.667. The second-order valence-electron chi connectivity index (χ2n) is 6.18. The summed E-state index contributed by atoms with van der Waals surface area (Å²) in [6, 6.07) is 8.95. The van der Waals surface area contributed by atoms with Crippen LogP contribution in [0.25, 0.3) is 0 Å². The molecular weight excluding hydrogens is 266 g/mol. The molecule has 0 saturated heterocycles. The highest BCUT2D eigenvalue weighted by molar-refractivity contribution is 6.30. The molecule has 1 N–H and O–H groups in total. The van der Waals surface area contributed by atoms with Crippen molar-refractivity contribution >= 4 is 11.6 Å². The lowest BCUT2D eigenvalue weighted by atomic mass is 9.75. The Morgan fingerprint density at radius 3 is 2.60 bits per heavy atom. The number of hydrogen-bond acceptors (Lipinski definition) is 1. The average molecular weight is 294 g/mol. The molecule has 1 fully saturated rings. The Balaban J connectivity index is 2.11. The van der Waals surface area contributed by atoms with Gasteiger partial charge >= 0.3 is 0 Å². The summed E-state index contributed by atoms with van der Waals surface area (Å²) in [5.41, 5.74) is 1.41. The third-order valence-electron chi connectivity index (χ3n) is 4.72. The van der Waals surface area contributed by atoms with Crippen LogP contribution in [0, 0.1) is 11.8 Å². The SMILES string of the molecule is CCCNC(c1ccc(Cl)cc1)C1CCCC(CC)C1. The van der Waals surface area contributed by atoms with Crippen LogP contribution in [-0.2, 0) is 0 Å². The summed E-state index contributed by atoms with van der Waals surface area (Å²) in [4.78, 5) is 0. The van der Waals surface area contributed by atoms with E-state index < -0.39 is 0 Å². The van der Waals surface area contributed by atoms with Crippen molar-refractivity contribution in [2.24, 2.45) is 11.8 Å². The lowest BCUT2D eigenvalue weighted by Gasteiger charge is -2.35. The molecule has 0 bridgehead atoms. The van der Waals surface area contributed by atoms with Gasteiger partial charge in [-0.25, -0.2) is 0 Å². The van der Waals surface area contributed by atoms with Crippen molar-refractivity contribution in [1.82, 2.24) is 5.32 Å². The molecule has 0 radical (unpaired) electrons. The molecule has 2 heteroatoms. The normalized spacial score (nSPS) is 24.6. The maximum Gasteiger partial charge on any atom is 0.0406 e. The van der Waals surface area contributed by atoms with Gasteiger partial charge in [0.05, 0.1) is 0 Å². The molecule has 1 nitrogen and oxygen atoms in total. The molecule has 20 heavy (non-hydrogen) atoms. The van der Waals surface area contributed by atoms with E-state index in [1.54, 1.807) is 0 Å². The predicted octanol–water partition coefficient (Wildman–Crippen LogP) is 5.60. The quantitative estimate of drug-likeness (QED) is 0.720. The van der Waals surface area contributed by atoms with E-state index in [1.807, 2.05) is 12.1 Å². The second kappa shape index (κ2) is 8.05. The molecule has 112 valence electrons. The molecule has 3 unspecified atom stereocenters. The van der Waals surface area contributed by atoms with E-state index in [0.29, 0.717) is 6.04 Å². The van der Waals surface area contributed by atoms with Gasteiger partial charge in [-0.1, -0.05) is 56.8 Å². The first-order valence-corrected chi connectivity index (χ1v) is 8.61. The molecule has 0 aromatic heterocycles. The third-order valence-corrected chi connectivity index (χ3v) is 4.97. The topological polar surface area (TPSA) is 12.0 Å². The number of hydrogen-bond donors (Lipinski definition) is 1. The van der Waals surface area contributed by atoms with Crippen LogP contribution >= 0.6 is 11.6 Å². The summed E-state index contributed by atoms with van der Waals surface area (Å²) in [7, 11) is 0. The van der Waals surface area contributed by atoms with Gasteiger partial charge in [0.2, 0.25) is 0 Å². The summed E-state index contributed by atoms with van der Waals surface area (Å²) < 4.78 is 0. The molecular formula is C18H28ClN. The van der Waals surface area contributed by atoms with Crippen molar-refractivity contribution in [3.63, 3.8) is 0 Å². The van der Waals surface area contributed by atoms with Gasteiger partial charge in [0, 0.05) is 11.1 Å². The summed E-state index contributed by atoms with van der Waals surface area (Å²) >= 11 is 6.03. The maximum atomic E-state index is 6.03. The van der Waals surface area contributed by atoms with E-state index in [2.05, 4.69) is 31.3 Å². The van der Waals surface area contributed by atoms with Crippen LogP contribution in [0.4, 0.5) is 0 Å². The van der Waals surface area contributed by atoms with Gasteiger partial charge in [0.25, 0.3) is 0 Å². The highest BCUT2D eigenvalue weighted by Gasteiger charge is 2.28. The fourth-order valence-electron chi connectivity index (χ4n) is 3.53. The van der Waals surface area contributed by atoms with Crippen molar-refractivity contribution in [2.75, 3.05) is 6.54 Å². The van der Waals surface area contributed by atoms with Gasteiger partial charge in [-0.15, -0.1) is 0 Å². The molecule has 0 aliphatic heterocycles. The predicted molar refractivity (Wildman–Crippen MR) is 88.2 cm³/mol. The van der Waals surface area contributed by atoms with E-state index in [0.717, 1.165) is 23.4 Å². The Kier molecular flexibility index (Phi) is 6.38. The zero-order valence-electron chi connectivity index (χ0n) is 12.9. The van der Waals surface area contributed by atoms with E-state index in [4.69, 9.17) is 11.6 Å². The van der Waals surface area contributed by atoms with Crippen LogP contribution in [0.5, 0.6) is 0 Å². The highest BCUT2D eigenvalue weighted by atomic mass is 35.5. The van der Waals surface area contributed by atoms with E-state index in [-0.39, 0.29) is 0 Å². The maximum absolute atomic E-state index is 6.03. The molecule has 0 amide bonds. The van der Waals surface area contributed by atoms with Gasteiger partial charge in [-0.2, -0.15) is 0 Å². The first kappa shape index (κ1) is 15.9. The third kappa shape index (κ3) is 4.23. The standard InChI is InChI=1S/C18H28ClN/c1-3-12-20-18(15-8-10-17(19)11-9-15)16-7-5-6-14(4-2)13-16/h8-11,14,16,18,20H,3-7,12-13H2,1-2H3. The minimum absolute atomic E-state index is 0.501. The molecule has 1 saturated carbocycles. The number of nitrogens with one attached hydrogen (secondary N) is 1. The molecule has 1 aliphatic carbocycles. The Hall–Kier alpha value is -0.530. The number of rotatable bonds is 6. The van der Waals surface area contributed by atoms with E-state index in [9.17, 15) is 0 Å². The van der Waals surface area contributed by atoms with Crippen LogP contribution in [-0.4, -0.2) is 6.54 Å². The molecule has 0 spiro atoms. The van der Waals surface area contributed by atoms with Crippen molar-refractivity contribution < 1.29 is 0 Å². The summed E-state index contributed by atoms with van der Waals surface area (Å²) in [5.74, 6) is 1.70. The lowest BCUT2D eigenvalue weighted by molar-refractivity contribution is 0.209. The first-order valence-electron chi connectivity index (χ1n) is 8.23. The van der Waals surface area contributed by atoms with Crippen LogP contribution in [0.3, 0.4) is 0 Å². The van der Waals surface area contributed by atoms with Gasteiger partial charge in [0.15, 0.2) is 0 Å². The summed E-state index contributed by atoms with van der Waals surface area (Å²) in [6.45, 7) is 5.67. The van der Waals surface area contributed by atoms with Crippen molar-refractivity contribution in [2.45, 2.75) is 58.4 Å².